The number of carbonyl (C=O) groups is 1. The van der Waals surface area contributed by atoms with Crippen LogP contribution in [-0.2, 0) is 0 Å². The summed E-state index contributed by atoms with van der Waals surface area (Å²) in [4.78, 5) is 27.9. The van der Waals surface area contributed by atoms with Crippen LogP contribution in [0.25, 0.3) is 0 Å². The first kappa shape index (κ1) is 17.7. The number of hydrogen-bond acceptors (Lipinski definition) is 6. The van der Waals surface area contributed by atoms with E-state index in [4.69, 9.17) is 9.84 Å². The fourth-order valence-electron chi connectivity index (χ4n) is 2.90. The van der Waals surface area contributed by atoms with Crippen LogP contribution in [0.15, 0.2) is 40.4 Å². The molecule has 1 atom stereocenters. The Balaban J connectivity index is 1.98. The van der Waals surface area contributed by atoms with Gasteiger partial charge in [-0.15, -0.1) is 0 Å². The van der Waals surface area contributed by atoms with E-state index in [1.54, 1.807) is 0 Å². The van der Waals surface area contributed by atoms with Gasteiger partial charge in [0.25, 0.3) is 5.56 Å². The topological polar surface area (TPSA) is 106 Å². The molecule has 136 valence electrons. The lowest BCUT2D eigenvalue weighted by molar-refractivity contribution is 0.0693. The van der Waals surface area contributed by atoms with Crippen LogP contribution in [-0.4, -0.2) is 32.9 Å². The summed E-state index contributed by atoms with van der Waals surface area (Å²) in [7, 11) is 0. The van der Waals surface area contributed by atoms with E-state index < -0.39 is 11.5 Å². The van der Waals surface area contributed by atoms with E-state index in [0.717, 1.165) is 6.20 Å². The quantitative estimate of drug-likeness (QED) is 0.798. The summed E-state index contributed by atoms with van der Waals surface area (Å²) < 4.78 is 6.96. The monoisotopic (exact) mass is 356 g/mol. The fraction of sp³-hybridized carbons (Fsp3) is 0.333. The molecule has 0 saturated heterocycles. The Kier molecular flexibility index (Phi) is 5.01. The van der Waals surface area contributed by atoms with Crippen LogP contribution >= 0.6 is 0 Å². The van der Waals surface area contributed by atoms with Crippen LogP contribution in [0.4, 0.5) is 5.69 Å². The van der Waals surface area contributed by atoms with Gasteiger partial charge in [-0.2, -0.15) is 5.10 Å². The van der Waals surface area contributed by atoms with Gasteiger partial charge in [0.05, 0.1) is 12.3 Å². The highest BCUT2D eigenvalue weighted by Gasteiger charge is 2.26. The average molecular weight is 356 g/mol. The maximum Gasteiger partial charge on any atom is 0.342 e. The van der Waals surface area contributed by atoms with Crippen LogP contribution in [0.5, 0.6) is 5.75 Å². The van der Waals surface area contributed by atoms with Crippen molar-refractivity contribution in [2.24, 2.45) is 5.10 Å². The molecule has 26 heavy (non-hydrogen) atoms. The molecule has 0 spiro atoms. The number of para-hydroxylation sites is 2. The Hall–Kier alpha value is -3.16. The van der Waals surface area contributed by atoms with E-state index in [1.165, 1.54) is 4.57 Å². The van der Waals surface area contributed by atoms with Gasteiger partial charge in [0.1, 0.15) is 17.0 Å². The maximum absolute atomic E-state index is 12.5. The molecule has 3 rings (SSSR count). The summed E-state index contributed by atoms with van der Waals surface area (Å²) in [6.07, 6.45) is 2.40. The Morgan fingerprint density at radius 3 is 2.96 bits per heavy atom. The first-order valence-electron chi connectivity index (χ1n) is 8.42. The number of benzene rings is 1. The highest BCUT2D eigenvalue weighted by Crippen LogP contribution is 2.25. The van der Waals surface area contributed by atoms with E-state index in [1.807, 2.05) is 38.1 Å². The molecule has 1 aliphatic rings. The molecule has 2 aromatic rings. The second-order valence-corrected chi connectivity index (χ2v) is 5.96. The molecule has 8 nitrogen and oxygen atoms in total. The van der Waals surface area contributed by atoms with Gasteiger partial charge in [0, 0.05) is 12.2 Å². The minimum absolute atomic E-state index is 0.140. The number of carboxylic acid groups (broad SMARTS) is 1. The van der Waals surface area contributed by atoms with E-state index in [9.17, 15) is 9.59 Å². The van der Waals surface area contributed by atoms with Crippen LogP contribution < -0.4 is 15.7 Å². The Labute approximate surface area is 150 Å². The van der Waals surface area contributed by atoms with Crippen molar-refractivity contribution >= 4 is 17.4 Å². The predicted molar refractivity (Wildman–Crippen MR) is 97.2 cm³/mol. The van der Waals surface area contributed by atoms with Crippen LogP contribution in [0, 0.1) is 0 Å². The molecule has 0 radical (unpaired) electrons. The van der Waals surface area contributed by atoms with Gasteiger partial charge in [-0.1, -0.05) is 12.1 Å². The minimum Gasteiger partial charge on any atom is -0.492 e. The standard InChI is InChI=1S/C18H20N4O4/c1-3-26-15-7-5-4-6-13(15)20-21-14-9-8-11(2)22-16(14)19-10-12(17(22)23)18(24)25/h4-7,10-11,20H,3,8-9H2,1-2H3,(H,24,25)/b21-14+. The number of hydrazone groups is 1. The van der Waals surface area contributed by atoms with Crippen molar-refractivity contribution in [3.63, 3.8) is 0 Å². The number of hydrogen-bond donors (Lipinski definition) is 2. The Morgan fingerprint density at radius 2 is 2.23 bits per heavy atom. The van der Waals surface area contributed by atoms with Crippen molar-refractivity contribution in [1.29, 1.82) is 0 Å². The highest BCUT2D eigenvalue weighted by atomic mass is 16.5. The summed E-state index contributed by atoms with van der Waals surface area (Å²) in [6.45, 7) is 4.30. The summed E-state index contributed by atoms with van der Waals surface area (Å²) in [5.41, 5.74) is 3.38. The zero-order valence-electron chi connectivity index (χ0n) is 14.6. The molecule has 1 aliphatic heterocycles. The van der Waals surface area contributed by atoms with Crippen LogP contribution in [0.3, 0.4) is 0 Å². The molecular weight excluding hydrogens is 336 g/mol. The molecule has 8 heteroatoms. The second kappa shape index (κ2) is 7.38. The number of nitrogens with zero attached hydrogens (tertiary/aromatic N) is 3. The predicted octanol–water partition coefficient (Wildman–Crippen LogP) is 2.51. The van der Waals surface area contributed by atoms with Crippen molar-refractivity contribution in [2.75, 3.05) is 12.0 Å². The Bertz CT molecular complexity index is 920. The summed E-state index contributed by atoms with van der Waals surface area (Å²) >= 11 is 0. The van der Waals surface area contributed by atoms with Gasteiger partial charge in [-0.05, 0) is 38.8 Å². The average Bonchev–Trinajstić information content (AvgIpc) is 2.62. The van der Waals surface area contributed by atoms with Crippen molar-refractivity contribution in [3.8, 4) is 5.75 Å². The van der Waals surface area contributed by atoms with Crippen molar-refractivity contribution in [3.05, 3.63) is 52.2 Å². The minimum atomic E-state index is -1.28. The van der Waals surface area contributed by atoms with E-state index >= 15 is 0 Å². The lowest BCUT2D eigenvalue weighted by Crippen LogP contribution is -2.37. The van der Waals surface area contributed by atoms with Gasteiger partial charge in [-0.3, -0.25) is 14.8 Å². The SMILES string of the molecule is CCOc1ccccc1N/N=C1\CCC(C)n2c1ncc(C(=O)O)c2=O. The van der Waals surface area contributed by atoms with Crippen LogP contribution in [0.1, 0.15) is 48.9 Å². The molecule has 0 fully saturated rings. The molecule has 0 saturated carbocycles. The largest absolute Gasteiger partial charge is 0.492 e. The zero-order chi connectivity index (χ0) is 18.7. The van der Waals surface area contributed by atoms with Crippen LogP contribution in [0.2, 0.25) is 0 Å². The molecule has 1 aromatic heterocycles. The molecule has 2 N–H and O–H groups in total. The summed E-state index contributed by atoms with van der Waals surface area (Å²) in [6, 6.07) is 7.28. The van der Waals surface area contributed by atoms with E-state index in [2.05, 4.69) is 15.5 Å². The third-order valence-electron chi connectivity index (χ3n) is 4.22. The number of ether oxygens (including phenoxy) is 1. The van der Waals surface area contributed by atoms with Gasteiger partial charge >= 0.3 is 5.97 Å². The molecule has 0 amide bonds. The number of anilines is 1. The normalized spacial score (nSPS) is 17.6. The van der Waals surface area contributed by atoms with E-state index in [0.29, 0.717) is 42.4 Å². The second-order valence-electron chi connectivity index (χ2n) is 5.96. The lowest BCUT2D eigenvalue weighted by atomic mass is 10.0. The highest BCUT2D eigenvalue weighted by molar-refractivity contribution is 5.99. The number of nitrogens with one attached hydrogen (secondary N) is 1. The number of fused-ring (bicyclic) bond motifs is 1. The first-order chi connectivity index (χ1) is 12.5. The third kappa shape index (κ3) is 3.30. The maximum atomic E-state index is 12.5. The number of carboxylic acids is 1. The molecule has 0 aliphatic carbocycles. The van der Waals surface area contributed by atoms with Gasteiger partial charge in [0.15, 0.2) is 5.82 Å². The number of rotatable bonds is 5. The van der Waals surface area contributed by atoms with Gasteiger partial charge < -0.3 is 9.84 Å². The smallest absolute Gasteiger partial charge is 0.342 e. The molecule has 2 heterocycles. The third-order valence-corrected chi connectivity index (χ3v) is 4.22. The van der Waals surface area contributed by atoms with E-state index in [-0.39, 0.29) is 11.6 Å². The lowest BCUT2D eigenvalue weighted by Gasteiger charge is -2.25. The molecular formula is C18H20N4O4. The molecule has 1 unspecified atom stereocenters. The van der Waals surface area contributed by atoms with Gasteiger partial charge in [-0.25, -0.2) is 9.78 Å². The van der Waals surface area contributed by atoms with Crippen molar-refractivity contribution < 1.29 is 14.6 Å². The van der Waals surface area contributed by atoms with Crippen molar-refractivity contribution in [1.82, 2.24) is 9.55 Å². The first-order valence-corrected chi connectivity index (χ1v) is 8.42. The number of aromatic carboxylic acids is 1. The molecule has 1 aromatic carbocycles. The Morgan fingerprint density at radius 1 is 1.46 bits per heavy atom. The zero-order valence-corrected chi connectivity index (χ0v) is 14.6. The molecule has 0 bridgehead atoms. The van der Waals surface area contributed by atoms with Gasteiger partial charge in [0.2, 0.25) is 0 Å². The summed E-state index contributed by atoms with van der Waals surface area (Å²) in [5.74, 6) is -0.215. The summed E-state index contributed by atoms with van der Waals surface area (Å²) in [5, 5.41) is 13.5. The number of aromatic nitrogens is 2. The van der Waals surface area contributed by atoms with Crippen molar-refractivity contribution in [2.45, 2.75) is 32.7 Å². The fourth-order valence-corrected chi connectivity index (χ4v) is 2.90.